The van der Waals surface area contributed by atoms with Crippen LogP contribution < -0.4 is 5.32 Å². The van der Waals surface area contributed by atoms with Gasteiger partial charge in [0.05, 0.1) is 11.1 Å². The molecule has 0 radical (unpaired) electrons. The van der Waals surface area contributed by atoms with Crippen LogP contribution in [0.2, 0.25) is 0 Å². The van der Waals surface area contributed by atoms with Crippen molar-refractivity contribution in [3.05, 3.63) is 64.2 Å². The van der Waals surface area contributed by atoms with Crippen molar-refractivity contribution in [1.29, 1.82) is 0 Å². The number of carbonyl (C=O) groups is 4. The average molecular weight is 394 g/mol. The Balaban J connectivity index is 1.62. The zero-order valence-corrected chi connectivity index (χ0v) is 16.7. The predicted molar refractivity (Wildman–Crippen MR) is 107 cm³/mol. The lowest BCUT2D eigenvalue weighted by Crippen LogP contribution is -2.38. The number of amides is 3. The lowest BCUT2D eigenvalue weighted by molar-refractivity contribution is -0.153. The number of nitrogens with one attached hydrogen (secondary N) is 1. The molecule has 0 spiro atoms. The Morgan fingerprint density at radius 3 is 2.03 bits per heavy atom. The van der Waals surface area contributed by atoms with Gasteiger partial charge in [-0.25, -0.2) is 0 Å². The van der Waals surface area contributed by atoms with E-state index in [0.29, 0.717) is 5.69 Å². The molecule has 0 aromatic heterocycles. The van der Waals surface area contributed by atoms with Gasteiger partial charge in [-0.2, -0.15) is 0 Å². The minimum atomic E-state index is -1.09. The summed E-state index contributed by atoms with van der Waals surface area (Å²) in [7, 11) is 0. The lowest BCUT2D eigenvalue weighted by Gasteiger charge is -2.18. The highest BCUT2D eigenvalue weighted by Gasteiger charge is 2.37. The number of imide groups is 1. The smallest absolute Gasteiger partial charge is 0.326 e. The Morgan fingerprint density at radius 2 is 1.52 bits per heavy atom. The standard InChI is InChI=1S/C22H22N2O5/c1-12-9-13(2)19(14(3)10-12)23-20(26)15(4)29-18(25)11-24-21(27)16-7-5-6-8-17(16)22(24)28/h5-10,15H,11H2,1-4H3,(H,23,26)/t15-/m1/s1. The second-order valence-corrected chi connectivity index (χ2v) is 7.14. The number of carbonyl (C=O) groups excluding carboxylic acids is 4. The van der Waals surface area contributed by atoms with Crippen molar-refractivity contribution in [3.8, 4) is 0 Å². The molecule has 3 amide bonds. The van der Waals surface area contributed by atoms with Gasteiger partial charge in [0.25, 0.3) is 17.7 Å². The van der Waals surface area contributed by atoms with Crippen LogP contribution in [0.5, 0.6) is 0 Å². The van der Waals surface area contributed by atoms with Gasteiger partial charge in [-0.3, -0.25) is 24.1 Å². The van der Waals surface area contributed by atoms with Crippen molar-refractivity contribution in [1.82, 2.24) is 4.90 Å². The summed E-state index contributed by atoms with van der Waals surface area (Å²) in [5, 5.41) is 2.77. The van der Waals surface area contributed by atoms with Crippen LogP contribution in [0, 0.1) is 20.8 Å². The summed E-state index contributed by atoms with van der Waals surface area (Å²) in [6.45, 7) is 6.62. The number of hydrogen-bond donors (Lipinski definition) is 1. The SMILES string of the molecule is Cc1cc(C)c(NC(=O)[C@@H](C)OC(=O)CN2C(=O)c3ccccc3C2=O)c(C)c1. The van der Waals surface area contributed by atoms with E-state index in [0.717, 1.165) is 21.6 Å². The second kappa shape index (κ2) is 7.87. The molecule has 0 saturated heterocycles. The van der Waals surface area contributed by atoms with E-state index in [-0.39, 0.29) is 11.1 Å². The molecule has 0 saturated carbocycles. The van der Waals surface area contributed by atoms with Crippen LogP contribution in [0.25, 0.3) is 0 Å². The Bertz CT molecular complexity index is 970. The summed E-state index contributed by atoms with van der Waals surface area (Å²) in [6, 6.07) is 10.2. The summed E-state index contributed by atoms with van der Waals surface area (Å²) in [5.41, 5.74) is 4.06. The first kappa shape index (κ1) is 20.3. The zero-order chi connectivity index (χ0) is 21.3. The highest BCUT2D eigenvalue weighted by Crippen LogP contribution is 2.23. The fourth-order valence-corrected chi connectivity index (χ4v) is 3.40. The maximum atomic E-state index is 12.4. The average Bonchev–Trinajstić information content (AvgIpc) is 2.89. The highest BCUT2D eigenvalue weighted by molar-refractivity contribution is 6.22. The molecule has 0 unspecified atom stereocenters. The summed E-state index contributed by atoms with van der Waals surface area (Å²) >= 11 is 0. The van der Waals surface area contributed by atoms with Crippen molar-refractivity contribution < 1.29 is 23.9 Å². The predicted octanol–water partition coefficient (Wildman–Crippen LogP) is 2.78. The number of anilines is 1. The van der Waals surface area contributed by atoms with Crippen LogP contribution in [-0.4, -0.2) is 41.2 Å². The van der Waals surface area contributed by atoms with Crippen molar-refractivity contribution in [3.63, 3.8) is 0 Å². The monoisotopic (exact) mass is 394 g/mol. The van der Waals surface area contributed by atoms with Gasteiger partial charge in [-0.05, 0) is 51.0 Å². The molecular weight excluding hydrogens is 372 g/mol. The normalized spacial score (nSPS) is 13.9. The Labute approximate surface area is 168 Å². The van der Waals surface area contributed by atoms with Crippen LogP contribution in [0.3, 0.4) is 0 Å². The number of aryl methyl sites for hydroxylation is 3. The van der Waals surface area contributed by atoms with E-state index in [1.807, 2.05) is 32.9 Å². The fourth-order valence-electron chi connectivity index (χ4n) is 3.40. The summed E-state index contributed by atoms with van der Waals surface area (Å²) < 4.78 is 5.15. The van der Waals surface area contributed by atoms with Crippen molar-refractivity contribution in [2.45, 2.75) is 33.8 Å². The summed E-state index contributed by atoms with van der Waals surface area (Å²) in [6.07, 6.45) is -1.09. The van der Waals surface area contributed by atoms with Crippen LogP contribution in [0.4, 0.5) is 5.69 Å². The molecule has 1 N–H and O–H groups in total. The summed E-state index contributed by atoms with van der Waals surface area (Å²) in [4.78, 5) is 50.2. The van der Waals surface area contributed by atoms with Gasteiger partial charge < -0.3 is 10.1 Å². The van der Waals surface area contributed by atoms with Gasteiger partial charge in [-0.1, -0.05) is 29.8 Å². The molecule has 3 rings (SSSR count). The van der Waals surface area contributed by atoms with Crippen molar-refractivity contribution >= 4 is 29.4 Å². The molecule has 0 aliphatic carbocycles. The number of benzene rings is 2. The van der Waals surface area contributed by atoms with E-state index in [1.165, 1.54) is 19.1 Å². The molecule has 150 valence electrons. The number of ether oxygens (including phenoxy) is 1. The first-order valence-electron chi connectivity index (χ1n) is 9.22. The molecular formula is C22H22N2O5. The van der Waals surface area contributed by atoms with Crippen molar-refractivity contribution in [2.24, 2.45) is 0 Å². The zero-order valence-electron chi connectivity index (χ0n) is 16.7. The van der Waals surface area contributed by atoms with Gasteiger partial charge >= 0.3 is 5.97 Å². The third-order valence-corrected chi connectivity index (χ3v) is 4.77. The number of fused-ring (bicyclic) bond motifs is 1. The summed E-state index contributed by atoms with van der Waals surface area (Å²) in [5.74, 6) is -2.42. The van der Waals surface area contributed by atoms with Gasteiger partial charge in [-0.15, -0.1) is 0 Å². The quantitative estimate of drug-likeness (QED) is 0.622. The maximum absolute atomic E-state index is 12.4. The van der Waals surface area contributed by atoms with Gasteiger partial charge in [0.1, 0.15) is 6.54 Å². The maximum Gasteiger partial charge on any atom is 0.326 e. The minimum absolute atomic E-state index is 0.251. The Kier molecular flexibility index (Phi) is 5.50. The number of nitrogens with zero attached hydrogens (tertiary/aromatic N) is 1. The Morgan fingerprint density at radius 1 is 1.00 bits per heavy atom. The lowest BCUT2D eigenvalue weighted by atomic mass is 10.0. The molecule has 0 fully saturated rings. The first-order chi connectivity index (χ1) is 13.7. The van der Waals surface area contributed by atoms with E-state index >= 15 is 0 Å². The van der Waals surface area contributed by atoms with E-state index in [1.54, 1.807) is 12.1 Å². The van der Waals surface area contributed by atoms with E-state index in [4.69, 9.17) is 4.74 Å². The molecule has 1 aliphatic heterocycles. The number of rotatable bonds is 5. The molecule has 0 bridgehead atoms. The fraction of sp³-hybridized carbons (Fsp3) is 0.273. The third-order valence-electron chi connectivity index (χ3n) is 4.77. The number of hydrogen-bond acceptors (Lipinski definition) is 5. The number of esters is 1. The molecule has 7 heteroatoms. The third kappa shape index (κ3) is 4.03. The molecule has 2 aromatic carbocycles. The topological polar surface area (TPSA) is 92.8 Å². The Hall–Kier alpha value is -3.48. The molecule has 29 heavy (non-hydrogen) atoms. The highest BCUT2D eigenvalue weighted by atomic mass is 16.5. The largest absolute Gasteiger partial charge is 0.451 e. The minimum Gasteiger partial charge on any atom is -0.451 e. The van der Waals surface area contributed by atoms with Crippen LogP contribution in [-0.2, 0) is 14.3 Å². The molecule has 1 aliphatic rings. The van der Waals surface area contributed by atoms with Crippen molar-refractivity contribution in [2.75, 3.05) is 11.9 Å². The molecule has 2 aromatic rings. The first-order valence-corrected chi connectivity index (χ1v) is 9.22. The molecule has 1 atom stereocenters. The second-order valence-electron chi connectivity index (χ2n) is 7.14. The molecule has 7 nitrogen and oxygen atoms in total. The van der Waals surface area contributed by atoms with Gasteiger partial charge in [0, 0.05) is 5.69 Å². The van der Waals surface area contributed by atoms with E-state index < -0.39 is 36.3 Å². The van der Waals surface area contributed by atoms with E-state index in [9.17, 15) is 19.2 Å². The van der Waals surface area contributed by atoms with Gasteiger partial charge in [0.2, 0.25) is 0 Å². The van der Waals surface area contributed by atoms with Crippen LogP contribution in [0.1, 0.15) is 44.3 Å². The van der Waals surface area contributed by atoms with E-state index in [2.05, 4.69) is 5.32 Å². The van der Waals surface area contributed by atoms with Crippen LogP contribution >= 0.6 is 0 Å². The van der Waals surface area contributed by atoms with Crippen LogP contribution in [0.15, 0.2) is 36.4 Å². The van der Waals surface area contributed by atoms with Gasteiger partial charge in [0.15, 0.2) is 6.10 Å². The molecule has 1 heterocycles.